The third-order valence-corrected chi connectivity index (χ3v) is 3.64. The molecular formula is C12H18F3N3O2. The molecule has 2 amide bonds. The Morgan fingerprint density at radius 1 is 1.15 bits per heavy atom. The summed E-state index contributed by atoms with van der Waals surface area (Å²) in [7, 11) is 0. The van der Waals surface area contributed by atoms with Crippen molar-refractivity contribution in [1.29, 1.82) is 0 Å². The van der Waals surface area contributed by atoms with Gasteiger partial charge in [0.25, 0.3) is 0 Å². The summed E-state index contributed by atoms with van der Waals surface area (Å²) in [4.78, 5) is 26.7. The Kier molecular flexibility index (Phi) is 4.52. The van der Waals surface area contributed by atoms with Crippen molar-refractivity contribution in [3.8, 4) is 0 Å². The smallest absolute Gasteiger partial charge is 0.338 e. The van der Waals surface area contributed by atoms with E-state index in [4.69, 9.17) is 0 Å². The van der Waals surface area contributed by atoms with Crippen LogP contribution in [0.2, 0.25) is 0 Å². The molecule has 5 nitrogen and oxygen atoms in total. The van der Waals surface area contributed by atoms with Gasteiger partial charge in [-0.25, -0.2) is 0 Å². The first-order valence-electron chi connectivity index (χ1n) is 6.74. The predicted octanol–water partition coefficient (Wildman–Crippen LogP) is 0.362. The van der Waals surface area contributed by atoms with E-state index in [0.717, 1.165) is 4.90 Å². The first-order chi connectivity index (χ1) is 9.38. The summed E-state index contributed by atoms with van der Waals surface area (Å²) >= 11 is 0. The number of piperazine rings is 1. The molecule has 8 heteroatoms. The molecule has 114 valence electrons. The Balaban J connectivity index is 1.99. The predicted molar refractivity (Wildman–Crippen MR) is 64.9 cm³/mol. The number of hydrogen-bond donors (Lipinski definition) is 1. The molecule has 20 heavy (non-hydrogen) atoms. The van der Waals surface area contributed by atoms with Crippen molar-refractivity contribution in [1.82, 2.24) is 15.1 Å². The highest BCUT2D eigenvalue weighted by molar-refractivity contribution is 5.88. The van der Waals surface area contributed by atoms with Gasteiger partial charge in [0.05, 0.1) is 0 Å². The molecule has 1 unspecified atom stereocenters. The monoisotopic (exact) mass is 293 g/mol. The Bertz CT molecular complexity index is 381. The molecule has 1 atom stereocenters. The lowest BCUT2D eigenvalue weighted by molar-refractivity contribution is -0.164. The minimum Gasteiger partial charge on any atom is -0.338 e. The van der Waals surface area contributed by atoms with Crippen LogP contribution >= 0.6 is 0 Å². The molecule has 2 saturated heterocycles. The quantitative estimate of drug-likeness (QED) is 0.800. The zero-order chi connectivity index (χ0) is 14.8. The third-order valence-electron chi connectivity index (χ3n) is 3.64. The second kappa shape index (κ2) is 5.99. The highest BCUT2D eigenvalue weighted by atomic mass is 19.4. The van der Waals surface area contributed by atoms with E-state index in [1.54, 1.807) is 4.90 Å². The summed E-state index contributed by atoms with van der Waals surface area (Å²) in [5.74, 6) is -1.22. The standard InChI is InChI=1S/C12H18F3N3O2/c13-12(14,15)8-10(19)18-5-1-2-9(18)11(20)17-6-3-16-4-7-17/h9,16H,1-8H2. The normalized spacial score (nSPS) is 24.1. The van der Waals surface area contributed by atoms with E-state index < -0.39 is 24.5 Å². The molecule has 1 N–H and O–H groups in total. The summed E-state index contributed by atoms with van der Waals surface area (Å²) in [6.07, 6.45) is -4.99. The molecule has 0 radical (unpaired) electrons. The zero-order valence-corrected chi connectivity index (χ0v) is 11.1. The van der Waals surface area contributed by atoms with Crippen LogP contribution in [0.4, 0.5) is 13.2 Å². The lowest BCUT2D eigenvalue weighted by atomic mass is 10.1. The van der Waals surface area contributed by atoms with Gasteiger partial charge in [-0.15, -0.1) is 0 Å². The molecule has 0 aromatic carbocycles. The SMILES string of the molecule is O=C(C1CCCN1C(=O)CC(F)(F)F)N1CCNCC1. The number of carbonyl (C=O) groups is 2. The number of halogens is 3. The number of rotatable bonds is 2. The van der Waals surface area contributed by atoms with Gasteiger partial charge < -0.3 is 15.1 Å². The maximum atomic E-state index is 12.3. The Morgan fingerprint density at radius 2 is 1.80 bits per heavy atom. The molecule has 0 bridgehead atoms. The molecule has 0 aromatic heterocycles. The van der Waals surface area contributed by atoms with Gasteiger partial charge in [0.2, 0.25) is 11.8 Å². The van der Waals surface area contributed by atoms with Gasteiger partial charge in [-0.05, 0) is 12.8 Å². The summed E-state index contributed by atoms with van der Waals surface area (Å²) in [6.45, 7) is 2.66. The largest absolute Gasteiger partial charge is 0.397 e. The highest BCUT2D eigenvalue weighted by Gasteiger charge is 2.41. The highest BCUT2D eigenvalue weighted by Crippen LogP contribution is 2.26. The molecule has 2 fully saturated rings. The van der Waals surface area contributed by atoms with Crippen LogP contribution < -0.4 is 5.32 Å². The van der Waals surface area contributed by atoms with Crippen molar-refractivity contribution in [2.45, 2.75) is 31.5 Å². The van der Waals surface area contributed by atoms with Crippen molar-refractivity contribution in [3.05, 3.63) is 0 Å². The van der Waals surface area contributed by atoms with Crippen LogP contribution in [0.25, 0.3) is 0 Å². The number of carbonyl (C=O) groups excluding carboxylic acids is 2. The van der Waals surface area contributed by atoms with E-state index in [1.165, 1.54) is 0 Å². The van der Waals surface area contributed by atoms with Gasteiger partial charge in [0, 0.05) is 32.7 Å². The number of likely N-dealkylation sites (tertiary alicyclic amines) is 1. The van der Waals surface area contributed by atoms with Crippen LogP contribution in [0.3, 0.4) is 0 Å². The molecule has 2 heterocycles. The Labute approximate surface area is 115 Å². The average molecular weight is 293 g/mol. The topological polar surface area (TPSA) is 52.7 Å². The third kappa shape index (κ3) is 3.62. The molecule has 0 saturated carbocycles. The first-order valence-corrected chi connectivity index (χ1v) is 6.74. The fourth-order valence-corrected chi connectivity index (χ4v) is 2.69. The van der Waals surface area contributed by atoms with Crippen molar-refractivity contribution < 1.29 is 22.8 Å². The van der Waals surface area contributed by atoms with E-state index in [2.05, 4.69) is 5.32 Å². The van der Waals surface area contributed by atoms with E-state index >= 15 is 0 Å². The van der Waals surface area contributed by atoms with E-state index in [9.17, 15) is 22.8 Å². The maximum Gasteiger partial charge on any atom is 0.397 e. The second-order valence-electron chi connectivity index (χ2n) is 5.11. The van der Waals surface area contributed by atoms with Gasteiger partial charge in [0.15, 0.2) is 0 Å². The van der Waals surface area contributed by atoms with Gasteiger partial charge in [-0.2, -0.15) is 13.2 Å². The van der Waals surface area contributed by atoms with Crippen molar-refractivity contribution in [2.75, 3.05) is 32.7 Å². The lowest BCUT2D eigenvalue weighted by Crippen LogP contribution is -2.53. The maximum absolute atomic E-state index is 12.3. The van der Waals surface area contributed by atoms with Crippen LogP contribution in [0.1, 0.15) is 19.3 Å². The van der Waals surface area contributed by atoms with Crippen LogP contribution in [-0.4, -0.2) is 66.6 Å². The zero-order valence-electron chi connectivity index (χ0n) is 11.1. The average Bonchev–Trinajstić information content (AvgIpc) is 2.86. The van der Waals surface area contributed by atoms with Crippen LogP contribution in [0, 0.1) is 0 Å². The number of nitrogens with one attached hydrogen (secondary N) is 1. The molecule has 2 aliphatic heterocycles. The Hall–Kier alpha value is -1.31. The fourth-order valence-electron chi connectivity index (χ4n) is 2.69. The number of amides is 2. The van der Waals surface area contributed by atoms with Gasteiger partial charge in [-0.3, -0.25) is 9.59 Å². The van der Waals surface area contributed by atoms with Crippen molar-refractivity contribution in [3.63, 3.8) is 0 Å². The number of alkyl halides is 3. The first kappa shape index (κ1) is 15.1. The van der Waals surface area contributed by atoms with Gasteiger partial charge in [0.1, 0.15) is 12.5 Å². The fraction of sp³-hybridized carbons (Fsp3) is 0.833. The lowest BCUT2D eigenvalue weighted by Gasteiger charge is -2.33. The molecule has 2 rings (SSSR count). The van der Waals surface area contributed by atoms with E-state index in [0.29, 0.717) is 39.0 Å². The van der Waals surface area contributed by atoms with E-state index in [-0.39, 0.29) is 12.5 Å². The molecular weight excluding hydrogens is 275 g/mol. The number of nitrogens with zero attached hydrogens (tertiary/aromatic N) is 2. The minimum atomic E-state index is -4.53. The summed E-state index contributed by atoms with van der Waals surface area (Å²) < 4.78 is 36.9. The molecule has 2 aliphatic rings. The van der Waals surface area contributed by atoms with Crippen LogP contribution in [0.15, 0.2) is 0 Å². The minimum absolute atomic E-state index is 0.223. The van der Waals surface area contributed by atoms with Gasteiger partial charge in [-0.1, -0.05) is 0 Å². The molecule has 0 aliphatic carbocycles. The van der Waals surface area contributed by atoms with Crippen LogP contribution in [-0.2, 0) is 9.59 Å². The van der Waals surface area contributed by atoms with Gasteiger partial charge >= 0.3 is 6.18 Å². The second-order valence-corrected chi connectivity index (χ2v) is 5.11. The summed E-state index contributed by atoms with van der Waals surface area (Å²) in [5, 5.41) is 3.10. The van der Waals surface area contributed by atoms with Crippen LogP contribution in [0.5, 0.6) is 0 Å². The number of hydrogen-bond acceptors (Lipinski definition) is 3. The van der Waals surface area contributed by atoms with Crippen molar-refractivity contribution in [2.24, 2.45) is 0 Å². The Morgan fingerprint density at radius 3 is 2.40 bits per heavy atom. The van der Waals surface area contributed by atoms with Crippen molar-refractivity contribution >= 4 is 11.8 Å². The summed E-state index contributed by atoms with van der Waals surface area (Å²) in [6, 6.07) is -0.719. The molecule has 0 aromatic rings. The molecule has 0 spiro atoms. The summed E-state index contributed by atoms with van der Waals surface area (Å²) in [5.41, 5.74) is 0. The van der Waals surface area contributed by atoms with E-state index in [1.807, 2.05) is 0 Å².